The predicted molar refractivity (Wildman–Crippen MR) is 54.3 cm³/mol. The number of hydrogen-bond donors (Lipinski definition) is 0. The van der Waals surface area contributed by atoms with Gasteiger partial charge in [-0.1, -0.05) is 0 Å². The molecule has 2 nitrogen and oxygen atoms in total. The predicted octanol–water partition coefficient (Wildman–Crippen LogP) is 3.04. The average molecular weight is 234 g/mol. The number of benzene rings is 1. The van der Waals surface area contributed by atoms with Crippen LogP contribution in [0.1, 0.15) is 5.56 Å². The second-order valence-electron chi connectivity index (χ2n) is 3.23. The fourth-order valence-corrected chi connectivity index (χ4v) is 1.44. The molecule has 0 unspecified atom stereocenters. The van der Waals surface area contributed by atoms with Crippen molar-refractivity contribution in [1.82, 2.24) is 4.98 Å². The Morgan fingerprint density at radius 3 is 2.47 bits per heavy atom. The van der Waals surface area contributed by atoms with Gasteiger partial charge < -0.3 is 0 Å². The maximum absolute atomic E-state index is 13.6. The van der Waals surface area contributed by atoms with Gasteiger partial charge in [0.05, 0.1) is 17.2 Å². The Bertz CT molecular complexity index is 618. The van der Waals surface area contributed by atoms with E-state index in [0.29, 0.717) is 0 Å². The topological polar surface area (TPSA) is 36.7 Å². The molecular formula is C12H5F3N2. The Hall–Kier alpha value is -2.35. The maximum Gasteiger partial charge on any atom is 0.169 e. The van der Waals surface area contributed by atoms with Gasteiger partial charge in [0.15, 0.2) is 11.6 Å². The van der Waals surface area contributed by atoms with Gasteiger partial charge in [-0.05, 0) is 24.3 Å². The number of rotatable bonds is 1. The summed E-state index contributed by atoms with van der Waals surface area (Å²) in [6.07, 6.45) is 1.24. The van der Waals surface area contributed by atoms with Crippen molar-refractivity contribution >= 4 is 0 Å². The molecule has 5 heteroatoms. The van der Waals surface area contributed by atoms with Crippen LogP contribution in [0.4, 0.5) is 13.2 Å². The van der Waals surface area contributed by atoms with Gasteiger partial charge in [-0.2, -0.15) is 5.26 Å². The minimum Gasteiger partial charge on any atom is -0.253 e. The molecule has 0 amide bonds. The second kappa shape index (κ2) is 4.26. The van der Waals surface area contributed by atoms with E-state index < -0.39 is 23.0 Å². The van der Waals surface area contributed by atoms with Crippen LogP contribution < -0.4 is 0 Å². The zero-order chi connectivity index (χ0) is 12.4. The van der Waals surface area contributed by atoms with Gasteiger partial charge >= 0.3 is 0 Å². The lowest BCUT2D eigenvalue weighted by molar-refractivity contribution is 0.509. The van der Waals surface area contributed by atoms with Crippen LogP contribution >= 0.6 is 0 Å². The van der Waals surface area contributed by atoms with E-state index >= 15 is 0 Å². The number of aromatic nitrogens is 1. The van der Waals surface area contributed by atoms with Crippen molar-refractivity contribution in [2.24, 2.45) is 0 Å². The van der Waals surface area contributed by atoms with Gasteiger partial charge in [-0.3, -0.25) is 4.98 Å². The van der Waals surface area contributed by atoms with Crippen molar-refractivity contribution in [3.05, 3.63) is 53.5 Å². The molecule has 0 spiro atoms. The molecule has 17 heavy (non-hydrogen) atoms. The molecule has 0 radical (unpaired) electrons. The fourth-order valence-electron chi connectivity index (χ4n) is 1.44. The molecule has 0 bridgehead atoms. The Balaban J connectivity index is 2.80. The van der Waals surface area contributed by atoms with Gasteiger partial charge in [0, 0.05) is 6.20 Å². The van der Waals surface area contributed by atoms with Crippen LogP contribution in [-0.2, 0) is 0 Å². The molecule has 0 saturated carbocycles. The SMILES string of the molecule is N#Cc1ccc(F)c(F)c1-c1ncccc1F. The molecule has 0 aliphatic carbocycles. The third-order valence-corrected chi connectivity index (χ3v) is 2.21. The summed E-state index contributed by atoms with van der Waals surface area (Å²) in [5.41, 5.74) is -0.992. The van der Waals surface area contributed by atoms with Gasteiger partial charge in [0.2, 0.25) is 0 Å². The summed E-state index contributed by atoms with van der Waals surface area (Å²) in [4.78, 5) is 3.63. The third kappa shape index (κ3) is 1.85. The zero-order valence-corrected chi connectivity index (χ0v) is 8.42. The molecule has 0 saturated heterocycles. The molecule has 1 aromatic carbocycles. The van der Waals surface area contributed by atoms with E-state index in [2.05, 4.69) is 4.98 Å². The quantitative estimate of drug-likeness (QED) is 0.760. The van der Waals surface area contributed by atoms with Crippen molar-refractivity contribution < 1.29 is 13.2 Å². The van der Waals surface area contributed by atoms with Gasteiger partial charge in [-0.25, -0.2) is 13.2 Å². The monoisotopic (exact) mass is 234 g/mol. The largest absolute Gasteiger partial charge is 0.253 e. The molecule has 1 heterocycles. The van der Waals surface area contributed by atoms with E-state index in [9.17, 15) is 13.2 Å². The minimum atomic E-state index is -1.28. The van der Waals surface area contributed by atoms with E-state index in [1.807, 2.05) is 0 Å². The highest BCUT2D eigenvalue weighted by atomic mass is 19.2. The fraction of sp³-hybridized carbons (Fsp3) is 0. The standard InChI is InChI=1S/C12H5F3N2/c13-8-4-3-7(6-16)10(11(8)15)12-9(14)2-1-5-17-12/h1-5H. The molecule has 0 aliphatic heterocycles. The maximum atomic E-state index is 13.6. The van der Waals surface area contributed by atoms with Crippen molar-refractivity contribution in [3.8, 4) is 17.3 Å². The molecule has 0 atom stereocenters. The van der Waals surface area contributed by atoms with Crippen molar-refractivity contribution in [2.75, 3.05) is 0 Å². The van der Waals surface area contributed by atoms with Crippen LogP contribution in [-0.4, -0.2) is 4.98 Å². The molecule has 2 rings (SSSR count). The lowest BCUT2D eigenvalue weighted by Gasteiger charge is -2.06. The number of hydrogen-bond acceptors (Lipinski definition) is 2. The summed E-state index contributed by atoms with van der Waals surface area (Å²) in [5.74, 6) is -3.24. The smallest absolute Gasteiger partial charge is 0.169 e. The average Bonchev–Trinajstić information content (AvgIpc) is 2.34. The molecular weight excluding hydrogens is 229 g/mol. The molecule has 0 N–H and O–H groups in total. The first kappa shape index (κ1) is 11.1. The van der Waals surface area contributed by atoms with Gasteiger partial charge in [-0.15, -0.1) is 0 Å². The summed E-state index contributed by atoms with van der Waals surface area (Å²) in [7, 11) is 0. The highest BCUT2D eigenvalue weighted by molar-refractivity contribution is 5.68. The Kier molecular flexibility index (Phi) is 2.79. The first-order chi connectivity index (χ1) is 8.15. The molecule has 2 aromatic rings. The van der Waals surface area contributed by atoms with Gasteiger partial charge in [0.1, 0.15) is 11.5 Å². The van der Waals surface area contributed by atoms with E-state index in [1.165, 1.54) is 12.3 Å². The highest BCUT2D eigenvalue weighted by Crippen LogP contribution is 2.28. The Labute approximate surface area is 95.0 Å². The van der Waals surface area contributed by atoms with Crippen molar-refractivity contribution in [3.63, 3.8) is 0 Å². The van der Waals surface area contributed by atoms with E-state index in [1.54, 1.807) is 6.07 Å². The highest BCUT2D eigenvalue weighted by Gasteiger charge is 2.19. The number of nitrogens with zero attached hydrogens (tertiary/aromatic N) is 2. The van der Waals surface area contributed by atoms with E-state index in [-0.39, 0.29) is 11.3 Å². The van der Waals surface area contributed by atoms with Crippen LogP contribution in [0.25, 0.3) is 11.3 Å². The summed E-state index contributed by atoms with van der Waals surface area (Å²) in [6, 6.07) is 5.96. The Morgan fingerprint density at radius 1 is 1.06 bits per heavy atom. The lowest BCUT2D eigenvalue weighted by Crippen LogP contribution is -1.98. The lowest BCUT2D eigenvalue weighted by atomic mass is 10.0. The summed E-state index contributed by atoms with van der Waals surface area (Å²) < 4.78 is 40.1. The van der Waals surface area contributed by atoms with Crippen LogP contribution in [0.2, 0.25) is 0 Å². The summed E-state index contributed by atoms with van der Waals surface area (Å²) >= 11 is 0. The van der Waals surface area contributed by atoms with Crippen LogP contribution in [0.3, 0.4) is 0 Å². The third-order valence-electron chi connectivity index (χ3n) is 2.21. The molecule has 0 aliphatic rings. The number of nitriles is 1. The van der Waals surface area contributed by atoms with E-state index in [0.717, 1.165) is 18.2 Å². The Morgan fingerprint density at radius 2 is 1.82 bits per heavy atom. The summed E-state index contributed by atoms with van der Waals surface area (Å²) in [5, 5.41) is 8.80. The van der Waals surface area contributed by atoms with Crippen LogP contribution in [0.5, 0.6) is 0 Å². The van der Waals surface area contributed by atoms with Crippen LogP contribution in [0, 0.1) is 28.8 Å². The first-order valence-corrected chi connectivity index (χ1v) is 4.64. The normalized spacial score (nSPS) is 10.0. The molecule has 0 fully saturated rings. The van der Waals surface area contributed by atoms with Crippen molar-refractivity contribution in [1.29, 1.82) is 5.26 Å². The number of halogens is 3. The van der Waals surface area contributed by atoms with Crippen molar-refractivity contribution in [2.45, 2.75) is 0 Å². The first-order valence-electron chi connectivity index (χ1n) is 4.64. The van der Waals surface area contributed by atoms with Crippen LogP contribution in [0.15, 0.2) is 30.5 Å². The molecule has 84 valence electrons. The van der Waals surface area contributed by atoms with E-state index in [4.69, 9.17) is 5.26 Å². The summed E-state index contributed by atoms with van der Waals surface area (Å²) in [6.45, 7) is 0. The minimum absolute atomic E-state index is 0.165. The molecule has 1 aromatic heterocycles. The zero-order valence-electron chi connectivity index (χ0n) is 8.42. The number of pyridine rings is 1. The van der Waals surface area contributed by atoms with Gasteiger partial charge in [0.25, 0.3) is 0 Å². The second-order valence-corrected chi connectivity index (χ2v) is 3.23.